The van der Waals surface area contributed by atoms with E-state index in [1.165, 1.54) is 6.42 Å². The molecule has 16 heavy (non-hydrogen) atoms. The molecule has 0 atom stereocenters. The lowest BCUT2D eigenvalue weighted by Crippen LogP contribution is -1.94. The second kappa shape index (κ2) is 8.17. The number of hydrogen-bond acceptors (Lipinski definition) is 2. The predicted octanol–water partition coefficient (Wildman–Crippen LogP) is 3.80. The van der Waals surface area contributed by atoms with Crippen LogP contribution in [0.1, 0.15) is 25.3 Å². The highest BCUT2D eigenvalue weighted by Crippen LogP contribution is 2.06. The number of ketones is 1. The molecule has 0 radical (unpaired) electrons. The van der Waals surface area contributed by atoms with Crippen LogP contribution in [-0.4, -0.2) is 17.3 Å². The number of carbonyl (C=O) groups excluding carboxylic acids is 1. The van der Waals surface area contributed by atoms with Crippen molar-refractivity contribution < 1.29 is 4.79 Å². The Labute approximate surface area is 102 Å². The van der Waals surface area contributed by atoms with Crippen LogP contribution in [0.15, 0.2) is 36.4 Å². The molecule has 0 aliphatic heterocycles. The first-order valence-electron chi connectivity index (χ1n) is 5.66. The highest BCUT2D eigenvalue weighted by Gasteiger charge is 1.96. The van der Waals surface area contributed by atoms with Gasteiger partial charge in [-0.3, -0.25) is 4.79 Å². The van der Waals surface area contributed by atoms with Crippen LogP contribution in [0.3, 0.4) is 0 Å². The SMILES string of the molecule is CCCSCCC(=O)/C=C/c1ccccc1. The van der Waals surface area contributed by atoms with Crippen LogP contribution in [0, 0.1) is 0 Å². The van der Waals surface area contributed by atoms with Gasteiger partial charge in [-0.05, 0) is 23.8 Å². The van der Waals surface area contributed by atoms with Crippen molar-refractivity contribution in [3.05, 3.63) is 42.0 Å². The molecule has 0 spiro atoms. The molecule has 0 N–H and O–H groups in total. The third-order valence-corrected chi connectivity index (χ3v) is 3.29. The number of hydrogen-bond donors (Lipinski definition) is 0. The van der Waals surface area contributed by atoms with E-state index >= 15 is 0 Å². The fourth-order valence-electron chi connectivity index (χ4n) is 1.26. The van der Waals surface area contributed by atoms with Crippen LogP contribution in [0.25, 0.3) is 6.08 Å². The van der Waals surface area contributed by atoms with E-state index in [9.17, 15) is 4.79 Å². The van der Waals surface area contributed by atoms with Gasteiger partial charge >= 0.3 is 0 Å². The van der Waals surface area contributed by atoms with Crippen LogP contribution in [0.4, 0.5) is 0 Å². The van der Waals surface area contributed by atoms with Crippen molar-refractivity contribution in [3.63, 3.8) is 0 Å². The maximum Gasteiger partial charge on any atom is 0.156 e. The molecular weight excluding hydrogens is 216 g/mol. The second-order valence-corrected chi connectivity index (χ2v) is 4.80. The summed E-state index contributed by atoms with van der Waals surface area (Å²) in [5, 5.41) is 0. The minimum absolute atomic E-state index is 0.215. The van der Waals surface area contributed by atoms with E-state index in [1.807, 2.05) is 48.2 Å². The molecule has 0 aromatic heterocycles. The average molecular weight is 234 g/mol. The molecule has 0 bridgehead atoms. The highest BCUT2D eigenvalue weighted by molar-refractivity contribution is 7.99. The molecule has 0 aliphatic rings. The zero-order valence-corrected chi connectivity index (χ0v) is 10.5. The minimum Gasteiger partial charge on any atom is -0.295 e. The normalized spacial score (nSPS) is 10.8. The van der Waals surface area contributed by atoms with Gasteiger partial charge in [0.1, 0.15) is 0 Å². The van der Waals surface area contributed by atoms with E-state index in [2.05, 4.69) is 6.92 Å². The third-order valence-electron chi connectivity index (χ3n) is 2.10. The predicted molar refractivity (Wildman–Crippen MR) is 72.7 cm³/mol. The summed E-state index contributed by atoms with van der Waals surface area (Å²) in [6, 6.07) is 9.91. The van der Waals surface area contributed by atoms with Gasteiger partial charge in [0.05, 0.1) is 0 Å². The number of rotatable bonds is 7. The fourth-order valence-corrected chi connectivity index (χ4v) is 2.09. The Morgan fingerprint density at radius 1 is 1.25 bits per heavy atom. The minimum atomic E-state index is 0.215. The highest BCUT2D eigenvalue weighted by atomic mass is 32.2. The van der Waals surface area contributed by atoms with E-state index in [0.717, 1.165) is 17.1 Å². The summed E-state index contributed by atoms with van der Waals surface area (Å²) < 4.78 is 0. The molecule has 0 saturated heterocycles. The first kappa shape index (κ1) is 13.0. The molecule has 0 fully saturated rings. The Hall–Kier alpha value is -1.02. The Kier molecular flexibility index (Phi) is 6.66. The number of benzene rings is 1. The molecule has 86 valence electrons. The summed E-state index contributed by atoms with van der Waals surface area (Å²) in [4.78, 5) is 11.5. The summed E-state index contributed by atoms with van der Waals surface area (Å²) in [6.45, 7) is 2.16. The molecule has 0 saturated carbocycles. The van der Waals surface area contributed by atoms with E-state index in [-0.39, 0.29) is 5.78 Å². The van der Waals surface area contributed by atoms with Gasteiger partial charge in [-0.15, -0.1) is 0 Å². The van der Waals surface area contributed by atoms with E-state index < -0.39 is 0 Å². The van der Waals surface area contributed by atoms with Crippen LogP contribution < -0.4 is 0 Å². The monoisotopic (exact) mass is 234 g/mol. The Morgan fingerprint density at radius 2 is 2.00 bits per heavy atom. The lowest BCUT2D eigenvalue weighted by molar-refractivity contribution is -0.114. The van der Waals surface area contributed by atoms with Gasteiger partial charge in [-0.2, -0.15) is 11.8 Å². The summed E-state index contributed by atoms with van der Waals surface area (Å²) in [5.74, 6) is 2.30. The maximum absolute atomic E-state index is 11.5. The van der Waals surface area contributed by atoms with Crippen LogP contribution in [0.2, 0.25) is 0 Å². The molecule has 2 heteroatoms. The smallest absolute Gasteiger partial charge is 0.156 e. The van der Waals surface area contributed by atoms with E-state index in [0.29, 0.717) is 6.42 Å². The quantitative estimate of drug-likeness (QED) is 0.527. The second-order valence-electron chi connectivity index (χ2n) is 3.57. The zero-order chi connectivity index (χ0) is 11.6. The van der Waals surface area contributed by atoms with E-state index in [4.69, 9.17) is 0 Å². The largest absolute Gasteiger partial charge is 0.295 e. The van der Waals surface area contributed by atoms with E-state index in [1.54, 1.807) is 6.08 Å². The topological polar surface area (TPSA) is 17.1 Å². The van der Waals surface area contributed by atoms with Gasteiger partial charge in [0, 0.05) is 12.2 Å². The number of allylic oxidation sites excluding steroid dienone is 1. The van der Waals surface area contributed by atoms with Gasteiger partial charge < -0.3 is 0 Å². The lowest BCUT2D eigenvalue weighted by atomic mass is 10.2. The van der Waals surface area contributed by atoms with Crippen LogP contribution in [-0.2, 0) is 4.79 Å². The molecule has 1 aromatic carbocycles. The van der Waals surface area contributed by atoms with Gasteiger partial charge in [0.25, 0.3) is 0 Å². The first-order valence-corrected chi connectivity index (χ1v) is 6.82. The molecule has 0 aliphatic carbocycles. The van der Waals surface area contributed by atoms with Crippen molar-refractivity contribution in [1.82, 2.24) is 0 Å². The van der Waals surface area contributed by atoms with Crippen LogP contribution >= 0.6 is 11.8 Å². The van der Waals surface area contributed by atoms with Crippen molar-refractivity contribution in [1.29, 1.82) is 0 Å². The van der Waals surface area contributed by atoms with Gasteiger partial charge in [0.2, 0.25) is 0 Å². The van der Waals surface area contributed by atoms with Gasteiger partial charge in [-0.1, -0.05) is 43.3 Å². The molecule has 1 nitrogen and oxygen atoms in total. The van der Waals surface area contributed by atoms with Crippen molar-refractivity contribution in [2.75, 3.05) is 11.5 Å². The summed E-state index contributed by atoms with van der Waals surface area (Å²) in [5.41, 5.74) is 1.08. The molecule has 0 unspecified atom stereocenters. The van der Waals surface area contributed by atoms with Crippen molar-refractivity contribution >= 4 is 23.6 Å². The Morgan fingerprint density at radius 3 is 2.69 bits per heavy atom. The molecule has 0 heterocycles. The van der Waals surface area contributed by atoms with Gasteiger partial charge in [0.15, 0.2) is 5.78 Å². The molecule has 1 aromatic rings. The first-order chi connectivity index (χ1) is 7.83. The van der Waals surface area contributed by atoms with Gasteiger partial charge in [-0.25, -0.2) is 0 Å². The van der Waals surface area contributed by atoms with Crippen LogP contribution in [0.5, 0.6) is 0 Å². The molecule has 1 rings (SSSR count). The third kappa shape index (κ3) is 5.76. The fraction of sp³-hybridized carbons (Fsp3) is 0.357. The summed E-state index contributed by atoms with van der Waals surface area (Å²) in [7, 11) is 0. The number of thioether (sulfide) groups is 1. The Balaban J connectivity index is 2.26. The number of carbonyl (C=O) groups is 1. The standard InChI is InChI=1S/C14H18OS/c1-2-11-16-12-10-14(15)9-8-13-6-4-3-5-7-13/h3-9H,2,10-12H2,1H3/b9-8+. The molecule has 0 amide bonds. The maximum atomic E-state index is 11.5. The lowest BCUT2D eigenvalue weighted by Gasteiger charge is -1.96. The summed E-state index contributed by atoms with van der Waals surface area (Å²) >= 11 is 1.85. The Bertz CT molecular complexity index is 330. The van der Waals surface area contributed by atoms with Crippen molar-refractivity contribution in [2.45, 2.75) is 19.8 Å². The zero-order valence-electron chi connectivity index (χ0n) is 9.69. The average Bonchev–Trinajstić information content (AvgIpc) is 2.33. The van der Waals surface area contributed by atoms with Crippen molar-refractivity contribution in [2.24, 2.45) is 0 Å². The molecular formula is C14H18OS. The summed E-state index contributed by atoms with van der Waals surface area (Å²) in [6.07, 6.45) is 5.39. The van der Waals surface area contributed by atoms with Crippen molar-refractivity contribution in [3.8, 4) is 0 Å².